The zero-order valence-electron chi connectivity index (χ0n) is 27.0. The normalized spacial score (nSPS) is 26.3. The van der Waals surface area contributed by atoms with Gasteiger partial charge in [-0.15, -0.1) is 24.9 Å². The summed E-state index contributed by atoms with van der Waals surface area (Å²) in [6.07, 6.45) is 5.62. The van der Waals surface area contributed by atoms with Gasteiger partial charge in [-0.25, -0.2) is 0 Å². The summed E-state index contributed by atoms with van der Waals surface area (Å²) in [5.74, 6) is -1.65. The number of para-hydroxylation sites is 1. The molecule has 3 saturated heterocycles. The lowest BCUT2D eigenvalue weighted by atomic mass is 9.70. The van der Waals surface area contributed by atoms with E-state index in [1.54, 1.807) is 38.6 Å². The fourth-order valence-corrected chi connectivity index (χ4v) is 10.2. The Hall–Kier alpha value is -3.36. The Labute approximate surface area is 272 Å². The van der Waals surface area contributed by atoms with Crippen molar-refractivity contribution in [3.63, 3.8) is 0 Å². The number of rotatable bonds is 13. The summed E-state index contributed by atoms with van der Waals surface area (Å²) in [6.45, 7) is 16.7. The van der Waals surface area contributed by atoms with Gasteiger partial charge in [0.15, 0.2) is 0 Å². The molecule has 0 saturated carbocycles. The molecule has 7 nitrogen and oxygen atoms in total. The number of aliphatic hydroxyl groups is 1. The number of aliphatic hydroxyl groups excluding tert-OH is 1. The first-order valence-electron chi connectivity index (χ1n) is 16.2. The molecule has 0 radical (unpaired) electrons. The molecule has 2 unspecified atom stereocenters. The Bertz CT molecular complexity index is 1430. The van der Waals surface area contributed by atoms with E-state index in [-0.39, 0.29) is 42.0 Å². The summed E-state index contributed by atoms with van der Waals surface area (Å²) in [5, 5.41) is 10.7. The molecule has 7 atom stereocenters. The first-order chi connectivity index (χ1) is 21.6. The van der Waals surface area contributed by atoms with Crippen LogP contribution in [0, 0.1) is 31.6 Å². The molecule has 240 valence electrons. The van der Waals surface area contributed by atoms with Gasteiger partial charge in [0.25, 0.3) is 5.91 Å². The fraction of sp³-hybridized carbons (Fsp3) is 0.486. The number of thioether (sulfide) groups is 1. The quantitative estimate of drug-likeness (QED) is 0.295. The zero-order chi connectivity index (χ0) is 32.5. The number of hydrogen-bond donors (Lipinski definition) is 1. The average Bonchev–Trinajstić information content (AvgIpc) is 3.68. The highest BCUT2D eigenvalue weighted by atomic mass is 32.2. The van der Waals surface area contributed by atoms with E-state index in [9.17, 15) is 14.7 Å². The molecule has 3 amide bonds. The highest BCUT2D eigenvalue weighted by Gasteiger charge is 2.75. The number of anilines is 1. The molecule has 1 N–H and O–H groups in total. The van der Waals surface area contributed by atoms with Crippen molar-refractivity contribution < 1.29 is 19.5 Å². The van der Waals surface area contributed by atoms with E-state index in [4.69, 9.17) is 0 Å². The van der Waals surface area contributed by atoms with E-state index in [0.717, 1.165) is 35.2 Å². The summed E-state index contributed by atoms with van der Waals surface area (Å²) < 4.78 is -0.761. The van der Waals surface area contributed by atoms with Gasteiger partial charge >= 0.3 is 0 Å². The van der Waals surface area contributed by atoms with E-state index in [2.05, 4.69) is 13.2 Å². The number of hydrogen-bond acceptors (Lipinski definition) is 5. The maximum Gasteiger partial charge on any atom is 0.251 e. The van der Waals surface area contributed by atoms with Gasteiger partial charge in [-0.1, -0.05) is 81.0 Å². The van der Waals surface area contributed by atoms with Crippen LogP contribution in [0.5, 0.6) is 0 Å². The van der Waals surface area contributed by atoms with Crippen LogP contribution in [0.4, 0.5) is 5.69 Å². The summed E-state index contributed by atoms with van der Waals surface area (Å²) >= 11 is 1.67. The van der Waals surface area contributed by atoms with Crippen molar-refractivity contribution in [3.8, 4) is 0 Å². The van der Waals surface area contributed by atoms with Gasteiger partial charge < -0.3 is 19.8 Å². The standard InChI is InChI=1S/C37H47N3O4S/c1-7-20-38(22-27-16-11-10-12-17-27)34(42)30-29-18-19-37(45-29)31(30)35(43)40(28(23-41)24(4)9-3)33(37)36(44)39(21-8-2)32-25(5)14-13-15-26(32)6/h7-8,10-17,24,28-31,33,41H,1-2,9,18-23H2,3-6H3/t24-,28-,29-,30+,31-,33?,37?/m0/s1. The Kier molecular flexibility index (Phi) is 9.94. The second-order valence-corrected chi connectivity index (χ2v) is 14.5. The van der Waals surface area contributed by atoms with Gasteiger partial charge in [-0.3, -0.25) is 14.4 Å². The molecule has 3 heterocycles. The van der Waals surface area contributed by atoms with Crippen LogP contribution in [0.1, 0.15) is 49.8 Å². The molecule has 2 aromatic carbocycles. The van der Waals surface area contributed by atoms with E-state index in [1.807, 2.05) is 76.2 Å². The lowest BCUT2D eigenvalue weighted by Crippen LogP contribution is -2.59. The minimum Gasteiger partial charge on any atom is -0.394 e. The SMILES string of the molecule is C=CCN(Cc1ccccc1)C(=O)[C@@H]1[C@@H]2CCC3(S2)C(C(=O)N(CC=C)c2c(C)cccc2C)N([C@@H](CO)[C@@H](C)CC)C(=O)[C@H]13. The largest absolute Gasteiger partial charge is 0.394 e. The van der Waals surface area contributed by atoms with Crippen molar-refractivity contribution in [2.24, 2.45) is 17.8 Å². The molecule has 0 aliphatic carbocycles. The number of carbonyl (C=O) groups excluding carboxylic acids is 3. The number of carbonyl (C=O) groups is 3. The number of benzene rings is 2. The monoisotopic (exact) mass is 629 g/mol. The fourth-order valence-electron chi connectivity index (χ4n) is 8.03. The molecule has 5 rings (SSSR count). The Balaban J connectivity index is 1.61. The Morgan fingerprint density at radius 1 is 1.07 bits per heavy atom. The van der Waals surface area contributed by atoms with Gasteiger partial charge in [-0.2, -0.15) is 0 Å². The van der Waals surface area contributed by atoms with Crippen molar-refractivity contribution >= 4 is 35.2 Å². The summed E-state index contributed by atoms with van der Waals surface area (Å²) in [5.41, 5.74) is 3.77. The highest BCUT2D eigenvalue weighted by Crippen LogP contribution is 2.67. The predicted molar refractivity (Wildman–Crippen MR) is 182 cm³/mol. The van der Waals surface area contributed by atoms with Crippen LogP contribution in [0.3, 0.4) is 0 Å². The first kappa shape index (κ1) is 33.0. The maximum atomic E-state index is 15.1. The van der Waals surface area contributed by atoms with Crippen LogP contribution in [0.25, 0.3) is 0 Å². The lowest BCUT2D eigenvalue weighted by Gasteiger charge is -2.41. The number of likely N-dealkylation sites (tertiary alicyclic amines) is 1. The second-order valence-electron chi connectivity index (χ2n) is 12.9. The smallest absolute Gasteiger partial charge is 0.251 e. The van der Waals surface area contributed by atoms with E-state index < -0.39 is 28.7 Å². The van der Waals surface area contributed by atoms with Crippen LogP contribution in [0.2, 0.25) is 0 Å². The molecule has 2 bridgehead atoms. The molecule has 3 aliphatic heterocycles. The van der Waals surface area contributed by atoms with Gasteiger partial charge in [0, 0.05) is 30.6 Å². The highest BCUT2D eigenvalue weighted by molar-refractivity contribution is 8.02. The van der Waals surface area contributed by atoms with Gasteiger partial charge in [-0.05, 0) is 49.3 Å². The van der Waals surface area contributed by atoms with Gasteiger partial charge in [0.1, 0.15) is 6.04 Å². The van der Waals surface area contributed by atoms with Crippen molar-refractivity contribution in [3.05, 3.63) is 90.5 Å². The summed E-state index contributed by atoms with van der Waals surface area (Å²) in [6, 6.07) is 14.5. The van der Waals surface area contributed by atoms with E-state index in [1.165, 1.54) is 0 Å². The number of fused-ring (bicyclic) bond motifs is 1. The molecule has 8 heteroatoms. The van der Waals surface area contributed by atoms with Crippen molar-refractivity contribution in [1.29, 1.82) is 0 Å². The second kappa shape index (κ2) is 13.6. The zero-order valence-corrected chi connectivity index (χ0v) is 27.8. The Morgan fingerprint density at radius 3 is 2.33 bits per heavy atom. The lowest BCUT2D eigenvalue weighted by molar-refractivity contribution is -0.146. The maximum absolute atomic E-state index is 15.1. The third-order valence-corrected chi connectivity index (χ3v) is 12.2. The topological polar surface area (TPSA) is 81.2 Å². The predicted octanol–water partition coefficient (Wildman–Crippen LogP) is 5.54. The third kappa shape index (κ3) is 5.65. The molecule has 45 heavy (non-hydrogen) atoms. The molecular formula is C37H47N3O4S. The molecule has 3 aliphatic rings. The van der Waals surface area contributed by atoms with Crippen LogP contribution in [-0.4, -0.2) is 74.4 Å². The van der Waals surface area contributed by atoms with Crippen LogP contribution in [-0.2, 0) is 20.9 Å². The first-order valence-corrected chi connectivity index (χ1v) is 17.1. The molecule has 2 aromatic rings. The Morgan fingerprint density at radius 2 is 1.73 bits per heavy atom. The summed E-state index contributed by atoms with van der Waals surface area (Å²) in [7, 11) is 0. The van der Waals surface area contributed by atoms with E-state index >= 15 is 4.79 Å². The molecule has 0 aromatic heterocycles. The number of aryl methyl sites for hydroxylation is 2. The van der Waals surface area contributed by atoms with Crippen LogP contribution >= 0.6 is 11.8 Å². The molecule has 1 spiro atoms. The van der Waals surface area contributed by atoms with Crippen molar-refractivity contribution in [2.45, 2.75) is 75.6 Å². The van der Waals surface area contributed by atoms with Crippen molar-refractivity contribution in [2.75, 3.05) is 24.6 Å². The summed E-state index contributed by atoms with van der Waals surface area (Å²) in [4.78, 5) is 49.7. The molecule has 3 fully saturated rings. The number of nitrogens with zero attached hydrogens (tertiary/aromatic N) is 3. The van der Waals surface area contributed by atoms with Crippen LogP contribution < -0.4 is 4.90 Å². The minimum absolute atomic E-state index is 0.0378. The van der Waals surface area contributed by atoms with Crippen LogP contribution in [0.15, 0.2) is 73.8 Å². The molecular weight excluding hydrogens is 582 g/mol. The van der Waals surface area contributed by atoms with E-state index in [0.29, 0.717) is 19.5 Å². The van der Waals surface area contributed by atoms with Gasteiger partial charge in [0.2, 0.25) is 11.8 Å². The van der Waals surface area contributed by atoms with Gasteiger partial charge in [0.05, 0.1) is 29.2 Å². The average molecular weight is 630 g/mol. The van der Waals surface area contributed by atoms with Crippen molar-refractivity contribution in [1.82, 2.24) is 9.80 Å². The minimum atomic E-state index is -0.810. The third-order valence-electron chi connectivity index (χ3n) is 10.3. The number of amides is 3.